The van der Waals surface area contributed by atoms with E-state index in [4.69, 9.17) is 9.47 Å². The number of methoxy groups -OCH3 is 1. The fourth-order valence-corrected chi connectivity index (χ4v) is 2.33. The molecule has 2 aromatic carbocycles. The van der Waals surface area contributed by atoms with Crippen molar-refractivity contribution in [1.82, 2.24) is 0 Å². The standard InChI is InChI=1S/C21H22O4/c1-4-13-25-21(23)19(14-16-9-11-17(24-3)12-10-16)20(22)18-8-6-5-7-15(18)2/h5-12,14H,4,13H2,1-3H3/b19-14+. The summed E-state index contributed by atoms with van der Waals surface area (Å²) in [6.07, 6.45) is 2.26. The zero-order chi connectivity index (χ0) is 18.2. The van der Waals surface area contributed by atoms with Crippen LogP contribution in [0.1, 0.15) is 34.8 Å². The molecular weight excluding hydrogens is 316 g/mol. The minimum Gasteiger partial charge on any atom is -0.497 e. The van der Waals surface area contributed by atoms with Crippen molar-refractivity contribution in [2.45, 2.75) is 20.3 Å². The predicted molar refractivity (Wildman–Crippen MR) is 97.7 cm³/mol. The Bertz CT molecular complexity index is 773. The van der Waals surface area contributed by atoms with E-state index in [1.807, 2.05) is 26.0 Å². The highest BCUT2D eigenvalue weighted by molar-refractivity contribution is 6.27. The number of hydrogen-bond donors (Lipinski definition) is 0. The van der Waals surface area contributed by atoms with Crippen LogP contribution < -0.4 is 4.74 Å². The molecule has 0 aliphatic rings. The second kappa shape index (κ2) is 8.83. The van der Waals surface area contributed by atoms with Crippen molar-refractivity contribution < 1.29 is 19.1 Å². The lowest BCUT2D eigenvalue weighted by Gasteiger charge is -2.09. The van der Waals surface area contributed by atoms with Gasteiger partial charge in [0.05, 0.1) is 13.7 Å². The predicted octanol–water partition coefficient (Wildman–Crippen LogP) is 4.22. The number of ketones is 1. The Hall–Kier alpha value is -2.88. The average molecular weight is 338 g/mol. The van der Waals surface area contributed by atoms with Crippen molar-refractivity contribution in [1.29, 1.82) is 0 Å². The van der Waals surface area contributed by atoms with Gasteiger partial charge in [-0.15, -0.1) is 0 Å². The summed E-state index contributed by atoms with van der Waals surface area (Å²) in [4.78, 5) is 25.3. The summed E-state index contributed by atoms with van der Waals surface area (Å²) in [5, 5.41) is 0. The molecule has 25 heavy (non-hydrogen) atoms. The van der Waals surface area contributed by atoms with Gasteiger partial charge < -0.3 is 9.47 Å². The maximum absolute atomic E-state index is 12.9. The molecule has 0 heterocycles. The molecule has 2 aromatic rings. The number of ether oxygens (including phenoxy) is 2. The Labute approximate surface area is 148 Å². The average Bonchev–Trinajstić information content (AvgIpc) is 2.64. The van der Waals surface area contributed by atoms with Gasteiger partial charge in [0.1, 0.15) is 11.3 Å². The topological polar surface area (TPSA) is 52.6 Å². The number of rotatable bonds is 7. The van der Waals surface area contributed by atoms with E-state index in [1.54, 1.807) is 49.6 Å². The SMILES string of the molecule is CCCOC(=O)/C(=C/c1ccc(OC)cc1)C(=O)c1ccccc1C. The van der Waals surface area contributed by atoms with Crippen LogP contribution in [0.3, 0.4) is 0 Å². The lowest BCUT2D eigenvalue weighted by atomic mass is 9.97. The smallest absolute Gasteiger partial charge is 0.342 e. The molecule has 0 unspecified atom stereocenters. The van der Waals surface area contributed by atoms with Crippen LogP contribution in [-0.2, 0) is 9.53 Å². The first-order chi connectivity index (χ1) is 12.1. The zero-order valence-corrected chi connectivity index (χ0v) is 14.7. The van der Waals surface area contributed by atoms with Crippen molar-refractivity contribution in [3.05, 3.63) is 70.8 Å². The summed E-state index contributed by atoms with van der Waals surface area (Å²) in [5.41, 5.74) is 2.06. The summed E-state index contributed by atoms with van der Waals surface area (Å²) in [6, 6.07) is 14.3. The van der Waals surface area contributed by atoms with Crippen LogP contribution in [0.4, 0.5) is 0 Å². The Kier molecular flexibility index (Phi) is 6.52. The Morgan fingerprint density at radius 3 is 2.32 bits per heavy atom. The van der Waals surface area contributed by atoms with Gasteiger partial charge in [-0.2, -0.15) is 0 Å². The number of benzene rings is 2. The first-order valence-electron chi connectivity index (χ1n) is 8.20. The Morgan fingerprint density at radius 1 is 1.04 bits per heavy atom. The fraction of sp³-hybridized carbons (Fsp3) is 0.238. The third-order valence-electron chi connectivity index (χ3n) is 3.72. The highest BCUT2D eigenvalue weighted by Gasteiger charge is 2.22. The quantitative estimate of drug-likeness (QED) is 0.249. The van der Waals surface area contributed by atoms with Crippen molar-refractivity contribution in [2.75, 3.05) is 13.7 Å². The molecule has 0 aliphatic heterocycles. The number of aryl methyl sites for hydroxylation is 1. The lowest BCUT2D eigenvalue weighted by molar-refractivity contribution is -0.138. The largest absolute Gasteiger partial charge is 0.497 e. The minimum atomic E-state index is -0.606. The lowest BCUT2D eigenvalue weighted by Crippen LogP contribution is -2.17. The van der Waals surface area contributed by atoms with Crippen molar-refractivity contribution in [3.8, 4) is 5.75 Å². The molecule has 0 aromatic heterocycles. The summed E-state index contributed by atoms with van der Waals surface area (Å²) in [6.45, 7) is 4.03. The van der Waals surface area contributed by atoms with E-state index in [2.05, 4.69) is 0 Å². The van der Waals surface area contributed by atoms with Gasteiger partial charge in [0.2, 0.25) is 5.78 Å². The molecule has 2 rings (SSSR count). The van der Waals surface area contributed by atoms with E-state index < -0.39 is 5.97 Å². The van der Waals surface area contributed by atoms with Crippen LogP contribution in [0.25, 0.3) is 6.08 Å². The number of Topliss-reactive ketones (excluding diaryl/α,β-unsaturated/α-hetero) is 1. The summed E-state index contributed by atoms with van der Waals surface area (Å²) >= 11 is 0. The van der Waals surface area contributed by atoms with Crippen molar-refractivity contribution >= 4 is 17.8 Å². The molecule has 0 saturated heterocycles. The van der Waals surface area contributed by atoms with Crippen LogP contribution in [-0.4, -0.2) is 25.5 Å². The molecule has 130 valence electrons. The van der Waals surface area contributed by atoms with Gasteiger partial charge in [-0.25, -0.2) is 4.79 Å². The summed E-state index contributed by atoms with van der Waals surface area (Å²) in [7, 11) is 1.58. The van der Waals surface area contributed by atoms with E-state index in [0.717, 1.165) is 11.1 Å². The summed E-state index contributed by atoms with van der Waals surface area (Å²) < 4.78 is 10.3. The molecule has 0 amide bonds. The van der Waals surface area contributed by atoms with Gasteiger partial charge in [-0.05, 0) is 42.7 Å². The van der Waals surface area contributed by atoms with E-state index in [-0.39, 0.29) is 18.0 Å². The Morgan fingerprint density at radius 2 is 1.72 bits per heavy atom. The Balaban J connectivity index is 2.41. The van der Waals surface area contributed by atoms with E-state index in [9.17, 15) is 9.59 Å². The zero-order valence-electron chi connectivity index (χ0n) is 14.7. The second-order valence-corrected chi connectivity index (χ2v) is 5.61. The third-order valence-corrected chi connectivity index (χ3v) is 3.72. The fourth-order valence-electron chi connectivity index (χ4n) is 2.33. The van der Waals surface area contributed by atoms with Crippen molar-refractivity contribution in [3.63, 3.8) is 0 Å². The van der Waals surface area contributed by atoms with Gasteiger partial charge in [0, 0.05) is 5.56 Å². The van der Waals surface area contributed by atoms with E-state index in [1.165, 1.54) is 0 Å². The first-order valence-corrected chi connectivity index (χ1v) is 8.20. The normalized spacial score (nSPS) is 11.1. The van der Waals surface area contributed by atoms with Gasteiger partial charge >= 0.3 is 5.97 Å². The summed E-state index contributed by atoms with van der Waals surface area (Å²) in [5.74, 6) is -0.238. The highest BCUT2D eigenvalue weighted by Crippen LogP contribution is 2.19. The van der Waals surface area contributed by atoms with Gasteiger partial charge in [0.25, 0.3) is 0 Å². The molecule has 0 N–H and O–H groups in total. The first kappa shape index (κ1) is 18.5. The molecule has 4 heteroatoms. The molecule has 4 nitrogen and oxygen atoms in total. The molecular formula is C21H22O4. The van der Waals surface area contributed by atoms with Gasteiger partial charge in [-0.1, -0.05) is 43.3 Å². The van der Waals surface area contributed by atoms with Crippen LogP contribution in [0.5, 0.6) is 5.75 Å². The molecule has 0 spiro atoms. The number of esters is 1. The molecule has 0 atom stereocenters. The number of hydrogen-bond acceptors (Lipinski definition) is 4. The number of carbonyl (C=O) groups excluding carboxylic acids is 2. The highest BCUT2D eigenvalue weighted by atomic mass is 16.5. The van der Waals surface area contributed by atoms with Crippen LogP contribution >= 0.6 is 0 Å². The van der Waals surface area contributed by atoms with E-state index >= 15 is 0 Å². The maximum Gasteiger partial charge on any atom is 0.342 e. The van der Waals surface area contributed by atoms with Crippen molar-refractivity contribution in [2.24, 2.45) is 0 Å². The van der Waals surface area contributed by atoms with E-state index in [0.29, 0.717) is 17.7 Å². The van der Waals surface area contributed by atoms with Gasteiger partial charge in [-0.3, -0.25) is 4.79 Å². The molecule has 0 radical (unpaired) electrons. The molecule has 0 aliphatic carbocycles. The third kappa shape index (κ3) is 4.80. The molecule has 0 bridgehead atoms. The number of carbonyl (C=O) groups is 2. The maximum atomic E-state index is 12.9. The molecule has 0 saturated carbocycles. The van der Waals surface area contributed by atoms with Crippen LogP contribution in [0, 0.1) is 6.92 Å². The van der Waals surface area contributed by atoms with Crippen LogP contribution in [0.2, 0.25) is 0 Å². The molecule has 0 fully saturated rings. The minimum absolute atomic E-state index is 0.0212. The monoisotopic (exact) mass is 338 g/mol. The van der Waals surface area contributed by atoms with Crippen LogP contribution in [0.15, 0.2) is 54.1 Å². The van der Waals surface area contributed by atoms with Gasteiger partial charge in [0.15, 0.2) is 0 Å². The second-order valence-electron chi connectivity index (χ2n) is 5.61.